The van der Waals surface area contributed by atoms with Gasteiger partial charge in [0, 0.05) is 6.54 Å². The molecule has 1 saturated heterocycles. The van der Waals surface area contributed by atoms with Crippen molar-refractivity contribution in [1.82, 2.24) is 10.0 Å². The first-order chi connectivity index (χ1) is 10.3. The molecular weight excluding hydrogens is 332 g/mol. The molecule has 2 rings (SSSR count). The zero-order valence-electron chi connectivity index (χ0n) is 14.3. The van der Waals surface area contributed by atoms with Gasteiger partial charge < -0.3 is 5.32 Å². The number of benzene rings is 1. The van der Waals surface area contributed by atoms with Crippen LogP contribution in [0, 0.1) is 11.3 Å². The van der Waals surface area contributed by atoms with Crippen LogP contribution in [-0.4, -0.2) is 28.1 Å². The maximum Gasteiger partial charge on any atom is 0.240 e. The van der Waals surface area contributed by atoms with Crippen LogP contribution < -0.4 is 10.0 Å². The first kappa shape index (κ1) is 20.4. The van der Waals surface area contributed by atoms with Gasteiger partial charge in [0.1, 0.15) is 0 Å². The second-order valence-electron chi connectivity index (χ2n) is 7.13. The molecule has 2 N–H and O–H groups in total. The molecule has 0 aromatic heterocycles. The maximum atomic E-state index is 12.4. The molecule has 0 saturated carbocycles. The zero-order valence-corrected chi connectivity index (χ0v) is 15.9. The van der Waals surface area contributed by atoms with Gasteiger partial charge in [0.05, 0.1) is 4.90 Å². The highest BCUT2D eigenvalue weighted by molar-refractivity contribution is 7.89. The molecule has 1 aromatic rings. The Morgan fingerprint density at radius 1 is 1.17 bits per heavy atom. The minimum Gasteiger partial charge on any atom is -0.317 e. The fourth-order valence-corrected chi connectivity index (χ4v) is 4.04. The van der Waals surface area contributed by atoms with Gasteiger partial charge in [-0.25, -0.2) is 13.1 Å². The van der Waals surface area contributed by atoms with E-state index in [2.05, 4.69) is 30.8 Å². The van der Waals surface area contributed by atoms with Gasteiger partial charge in [-0.1, -0.05) is 32.9 Å². The van der Waals surface area contributed by atoms with E-state index < -0.39 is 10.0 Å². The van der Waals surface area contributed by atoms with Crippen molar-refractivity contribution in [2.24, 2.45) is 11.3 Å². The topological polar surface area (TPSA) is 58.2 Å². The maximum absolute atomic E-state index is 12.4. The van der Waals surface area contributed by atoms with Crippen LogP contribution in [0.3, 0.4) is 0 Å². The Labute approximate surface area is 146 Å². The largest absolute Gasteiger partial charge is 0.317 e. The monoisotopic (exact) mass is 360 g/mol. The lowest BCUT2D eigenvalue weighted by atomic mass is 9.81. The van der Waals surface area contributed by atoms with Crippen LogP contribution >= 0.6 is 12.4 Å². The van der Waals surface area contributed by atoms with Crippen LogP contribution in [0.2, 0.25) is 0 Å². The summed E-state index contributed by atoms with van der Waals surface area (Å²) in [4.78, 5) is 0.359. The fraction of sp³-hybridized carbons (Fsp3) is 0.647. The summed E-state index contributed by atoms with van der Waals surface area (Å²) in [6.07, 6.45) is 2.98. The minimum atomic E-state index is -3.41. The summed E-state index contributed by atoms with van der Waals surface area (Å²) in [7, 11) is -3.41. The molecule has 1 aromatic carbocycles. The SMILES string of the molecule is CC(C)Cc1ccc(S(=O)(=O)NCC2(C)CCNCC2)cc1.Cl. The van der Waals surface area contributed by atoms with E-state index >= 15 is 0 Å². The number of nitrogens with one attached hydrogen (secondary N) is 2. The molecule has 4 nitrogen and oxygen atoms in total. The predicted octanol–water partition coefficient (Wildman–Crippen LogP) is 2.97. The van der Waals surface area contributed by atoms with Crippen LogP contribution in [0.25, 0.3) is 0 Å². The summed E-state index contributed by atoms with van der Waals surface area (Å²) in [6, 6.07) is 7.26. The third-order valence-electron chi connectivity index (χ3n) is 4.38. The highest BCUT2D eigenvalue weighted by Gasteiger charge is 2.28. The van der Waals surface area contributed by atoms with Crippen molar-refractivity contribution < 1.29 is 8.42 Å². The molecule has 0 radical (unpaired) electrons. The molecule has 0 unspecified atom stereocenters. The summed E-state index contributed by atoms with van der Waals surface area (Å²) in [6.45, 7) is 8.90. The molecule has 1 aliphatic rings. The molecule has 1 heterocycles. The Bertz CT molecular complexity index is 579. The van der Waals surface area contributed by atoms with Gasteiger partial charge in [-0.2, -0.15) is 0 Å². The van der Waals surface area contributed by atoms with E-state index in [-0.39, 0.29) is 17.8 Å². The Morgan fingerprint density at radius 2 is 1.74 bits per heavy atom. The van der Waals surface area contributed by atoms with E-state index in [9.17, 15) is 8.42 Å². The average molecular weight is 361 g/mol. The summed E-state index contributed by atoms with van der Waals surface area (Å²) in [5.74, 6) is 0.570. The molecule has 132 valence electrons. The van der Waals surface area contributed by atoms with Crippen LogP contribution in [0.15, 0.2) is 29.2 Å². The lowest BCUT2D eigenvalue weighted by molar-refractivity contribution is 0.232. The highest BCUT2D eigenvalue weighted by Crippen LogP contribution is 2.27. The van der Waals surface area contributed by atoms with Crippen LogP contribution in [-0.2, 0) is 16.4 Å². The second-order valence-corrected chi connectivity index (χ2v) is 8.89. The fourth-order valence-electron chi connectivity index (χ4n) is 2.84. The number of piperidine rings is 1. The molecule has 23 heavy (non-hydrogen) atoms. The van der Waals surface area contributed by atoms with Gasteiger partial charge in [-0.15, -0.1) is 12.4 Å². The van der Waals surface area contributed by atoms with E-state index in [0.29, 0.717) is 17.4 Å². The summed E-state index contributed by atoms with van der Waals surface area (Å²) < 4.78 is 27.6. The Balaban J connectivity index is 0.00000264. The molecular formula is C17H29ClN2O2S. The van der Waals surface area contributed by atoms with Gasteiger partial charge in [0.2, 0.25) is 10.0 Å². The molecule has 6 heteroatoms. The van der Waals surface area contributed by atoms with Crippen molar-refractivity contribution >= 4 is 22.4 Å². The van der Waals surface area contributed by atoms with Crippen molar-refractivity contribution in [1.29, 1.82) is 0 Å². The number of hydrogen-bond acceptors (Lipinski definition) is 3. The highest BCUT2D eigenvalue weighted by atomic mass is 35.5. The third kappa shape index (κ3) is 6.07. The van der Waals surface area contributed by atoms with Gasteiger partial charge >= 0.3 is 0 Å². The second kappa shape index (κ2) is 8.47. The van der Waals surface area contributed by atoms with Crippen molar-refractivity contribution in [3.05, 3.63) is 29.8 Å². The summed E-state index contributed by atoms with van der Waals surface area (Å²) >= 11 is 0. The van der Waals surface area contributed by atoms with E-state index in [4.69, 9.17) is 0 Å². The molecule has 0 bridgehead atoms. The lowest BCUT2D eigenvalue weighted by Gasteiger charge is -2.34. The third-order valence-corrected chi connectivity index (χ3v) is 5.79. The summed E-state index contributed by atoms with van der Waals surface area (Å²) in [5.41, 5.74) is 1.23. The first-order valence-electron chi connectivity index (χ1n) is 8.10. The lowest BCUT2D eigenvalue weighted by Crippen LogP contribution is -2.42. The molecule has 1 fully saturated rings. The number of hydrogen-bond donors (Lipinski definition) is 2. The molecule has 0 amide bonds. The minimum absolute atomic E-state index is 0. The van der Waals surface area contributed by atoms with E-state index in [1.807, 2.05) is 12.1 Å². The van der Waals surface area contributed by atoms with Gasteiger partial charge in [-0.3, -0.25) is 0 Å². The number of rotatable bonds is 6. The molecule has 0 atom stereocenters. The van der Waals surface area contributed by atoms with Crippen LogP contribution in [0.5, 0.6) is 0 Å². The predicted molar refractivity (Wildman–Crippen MR) is 97.6 cm³/mol. The number of halogens is 1. The summed E-state index contributed by atoms with van der Waals surface area (Å²) in [5, 5.41) is 3.31. The standard InChI is InChI=1S/C17H28N2O2S.ClH/c1-14(2)12-15-4-6-16(7-5-15)22(20,21)19-13-17(3)8-10-18-11-9-17;/h4-7,14,18-19H,8-13H2,1-3H3;1H. The Morgan fingerprint density at radius 3 is 2.26 bits per heavy atom. The van der Waals surface area contributed by atoms with E-state index in [1.165, 1.54) is 5.56 Å². The van der Waals surface area contributed by atoms with Gasteiger partial charge in [-0.05, 0) is 61.4 Å². The average Bonchev–Trinajstić information content (AvgIpc) is 2.46. The normalized spacial score (nSPS) is 17.7. The Kier molecular flexibility index (Phi) is 7.52. The zero-order chi connectivity index (χ0) is 16.2. The van der Waals surface area contributed by atoms with Crippen LogP contribution in [0.1, 0.15) is 39.2 Å². The number of sulfonamides is 1. The van der Waals surface area contributed by atoms with Gasteiger partial charge in [0.25, 0.3) is 0 Å². The quantitative estimate of drug-likeness (QED) is 0.819. The van der Waals surface area contributed by atoms with Crippen molar-refractivity contribution in [3.63, 3.8) is 0 Å². The van der Waals surface area contributed by atoms with E-state index in [1.54, 1.807) is 12.1 Å². The molecule has 0 spiro atoms. The molecule has 1 aliphatic heterocycles. The smallest absolute Gasteiger partial charge is 0.240 e. The Hall–Kier alpha value is -0.620. The van der Waals surface area contributed by atoms with Crippen molar-refractivity contribution in [3.8, 4) is 0 Å². The molecule has 0 aliphatic carbocycles. The van der Waals surface area contributed by atoms with Gasteiger partial charge in [0.15, 0.2) is 0 Å². The first-order valence-corrected chi connectivity index (χ1v) is 9.58. The van der Waals surface area contributed by atoms with Crippen molar-refractivity contribution in [2.75, 3.05) is 19.6 Å². The van der Waals surface area contributed by atoms with Crippen molar-refractivity contribution in [2.45, 2.75) is 44.9 Å². The van der Waals surface area contributed by atoms with Crippen LogP contribution in [0.4, 0.5) is 0 Å². The van der Waals surface area contributed by atoms with E-state index in [0.717, 1.165) is 32.4 Å².